The highest BCUT2D eigenvalue weighted by Crippen LogP contribution is 2.55. The molecule has 0 saturated carbocycles. The van der Waals surface area contributed by atoms with Crippen LogP contribution in [0.2, 0.25) is 0 Å². The van der Waals surface area contributed by atoms with Gasteiger partial charge in [0, 0.05) is 83.2 Å². The molecule has 0 amide bonds. The van der Waals surface area contributed by atoms with E-state index in [-0.39, 0.29) is 125 Å². The molecule has 0 spiro atoms. The molecule has 40 heteroatoms. The summed E-state index contributed by atoms with van der Waals surface area (Å²) in [6.45, 7) is 32.3. The Morgan fingerprint density at radius 2 is 0.681 bits per heavy atom. The quantitative estimate of drug-likeness (QED) is 0.0181. The number of phosphoric acid groups is 1. The Morgan fingerprint density at radius 3 is 1.06 bits per heavy atom. The Hall–Kier alpha value is -7.63. The van der Waals surface area contributed by atoms with Crippen molar-refractivity contribution in [2.75, 3.05) is 60.2 Å². The van der Waals surface area contributed by atoms with Crippen LogP contribution in [0.5, 0.6) is 11.5 Å². The molecule has 35 nitrogen and oxygen atoms in total. The molecule has 0 bridgehead atoms. The number of aliphatic hydroxyl groups is 3. The minimum Gasteiger partial charge on any atom is -0.497 e. The van der Waals surface area contributed by atoms with E-state index in [2.05, 4.69) is 0 Å². The standard InChI is InChI=1S/C32H39O11P.C27H38O9P2.C22H33O8P.C20H31O7P/c1-32(2)42-29-28(41-31(30(29)43-32)37-18-24-14-16-25(36-3)17-15-24)27(34)26(33)21-40-44(35,38-19-22-10-6-4-7-11-22)39-20-23-12-8-5-9-13-23;1-19(17-31-37(5,29)32-18-23-13-9-7-10-14-23)25-20(2)21(3)26(33-22(4)28)27(34-25)36-38(6,30)35-24-15-11-8-12-16-24;1-14(12-26-31(6,25)27-13-19-10-8-7-9-11-19)20-15(2)16(3)21(28-17(4)23)22(30-20)29-18(5)24;1-13(11-24-28(5,23)25-12-17-9-7-6-8-10-17)18-14(2)15(3)19(20(22)27-18)26-16(4)21/h4-17,26-31,33-34H,18-21H2,1-3H3;7-16,19-21,25-27H,17-18H2,1-6H3;7-11,14-16,20-22H,12-13H2,1-6H3;6-10,13-15,18-20,22H,11-12H2,1-5H3/t26-,27-,28?,29-,30-,31?;19-,20+,21+,25?,26?,27+,37?,38?;14-,15+,16+,20?,21?,22+,31?;13-,14+,15+,18?,19?,20?,28?/m1111/s1. The van der Waals surface area contributed by atoms with Crippen LogP contribution in [0.25, 0.3) is 0 Å². The molecule has 3 N–H and O–H groups in total. The third kappa shape index (κ3) is 38.0. The van der Waals surface area contributed by atoms with E-state index in [4.69, 9.17) is 107 Å². The number of hydrogen-bond acceptors (Lipinski definition) is 35. The number of phosphoric ester groups is 1. The molecule has 141 heavy (non-hydrogen) atoms. The number of ether oxygens (including phenoxy) is 12. The molecule has 28 atom stereocenters. The van der Waals surface area contributed by atoms with Crippen LogP contribution in [0.3, 0.4) is 0 Å². The van der Waals surface area contributed by atoms with E-state index in [1.807, 2.05) is 244 Å². The van der Waals surface area contributed by atoms with Gasteiger partial charge < -0.3 is 104 Å². The maximum absolute atomic E-state index is 13.6. The molecule has 5 aliphatic rings. The van der Waals surface area contributed by atoms with Crippen LogP contribution in [0, 0.1) is 53.3 Å². The van der Waals surface area contributed by atoms with E-state index in [1.165, 1.54) is 54.4 Å². The lowest BCUT2D eigenvalue weighted by Crippen LogP contribution is -2.54. The van der Waals surface area contributed by atoms with Crippen molar-refractivity contribution in [1.29, 1.82) is 0 Å². The molecule has 7 aromatic rings. The van der Waals surface area contributed by atoms with Crippen molar-refractivity contribution in [3.8, 4) is 11.5 Å². The largest absolute Gasteiger partial charge is 0.497 e. The number of carbonyl (C=O) groups is 4. The van der Waals surface area contributed by atoms with Crippen LogP contribution in [-0.2, 0) is 179 Å². The van der Waals surface area contributed by atoms with Crippen molar-refractivity contribution >= 4 is 62.1 Å². The number of fused-ring (bicyclic) bond motifs is 1. The molecule has 5 fully saturated rings. The fraction of sp³-hybridized carbons (Fsp3) is 0.545. The number of aliphatic hydroxyl groups excluding tert-OH is 3. The highest BCUT2D eigenvalue weighted by atomic mass is 31.2. The third-order valence-electron chi connectivity index (χ3n) is 24.3. The minimum atomic E-state index is -4.18. The summed E-state index contributed by atoms with van der Waals surface area (Å²) in [6.07, 6.45) is -13.1. The summed E-state index contributed by atoms with van der Waals surface area (Å²) in [7, 11) is -16.1. The predicted molar refractivity (Wildman–Crippen MR) is 521 cm³/mol. The highest BCUT2D eigenvalue weighted by molar-refractivity contribution is 7.54. The second kappa shape index (κ2) is 55.2. The second-order valence-corrected chi connectivity index (χ2v) is 46.4. The van der Waals surface area contributed by atoms with E-state index in [0.29, 0.717) is 5.75 Å². The lowest BCUT2D eigenvalue weighted by Gasteiger charge is -2.45. The van der Waals surface area contributed by atoms with Crippen molar-refractivity contribution < 1.29 is 164 Å². The topological polar surface area (TPSA) is 427 Å². The van der Waals surface area contributed by atoms with Gasteiger partial charge in [0.15, 0.2) is 36.7 Å². The molecule has 0 aliphatic carbocycles. The van der Waals surface area contributed by atoms with Gasteiger partial charge in [-0.25, -0.2) is 9.13 Å². The predicted octanol–water partition coefficient (Wildman–Crippen LogP) is 19.0. The van der Waals surface area contributed by atoms with Gasteiger partial charge in [0.25, 0.3) is 0 Å². The van der Waals surface area contributed by atoms with E-state index in [9.17, 15) is 57.3 Å². The summed E-state index contributed by atoms with van der Waals surface area (Å²) in [6, 6.07) is 62.6. The summed E-state index contributed by atoms with van der Waals surface area (Å²) in [5, 5.41) is 32.4. The van der Waals surface area contributed by atoms with Crippen molar-refractivity contribution in [1.82, 2.24) is 0 Å². The first-order valence-corrected chi connectivity index (χ1v) is 56.3. The fourth-order valence-corrected chi connectivity index (χ4v) is 21.4. The normalized spacial score (nSPS) is 27.4. The maximum Gasteiger partial charge on any atom is 0.475 e. The first kappa shape index (κ1) is 117. The van der Waals surface area contributed by atoms with Crippen LogP contribution < -0.4 is 9.26 Å². The van der Waals surface area contributed by atoms with Gasteiger partial charge in [-0.3, -0.25) is 51.0 Å². The second-order valence-electron chi connectivity index (χ2n) is 36.6. The Morgan fingerprint density at radius 1 is 0.355 bits per heavy atom. The van der Waals surface area contributed by atoms with Gasteiger partial charge >= 0.3 is 62.1 Å². The average molecular weight is 2070 g/mol. The zero-order valence-corrected chi connectivity index (χ0v) is 88.2. The molecule has 5 heterocycles. The fourth-order valence-electron chi connectivity index (χ4n) is 16.3. The summed E-state index contributed by atoms with van der Waals surface area (Å²) in [5.41, 5.74) is 5.10. The summed E-state index contributed by atoms with van der Waals surface area (Å²) in [4.78, 5) is 46.1. The summed E-state index contributed by atoms with van der Waals surface area (Å²) >= 11 is 0. The van der Waals surface area contributed by atoms with Gasteiger partial charge in [-0.1, -0.05) is 244 Å². The maximum atomic E-state index is 13.6. The van der Waals surface area contributed by atoms with E-state index in [0.717, 1.165) is 39.1 Å². The number of benzene rings is 7. The zero-order valence-electron chi connectivity index (χ0n) is 83.7. The van der Waals surface area contributed by atoms with Crippen LogP contribution in [0.1, 0.15) is 137 Å². The smallest absolute Gasteiger partial charge is 0.475 e. The third-order valence-corrected chi connectivity index (χ3v) is 30.5. The van der Waals surface area contributed by atoms with Gasteiger partial charge in [0.05, 0.1) is 98.2 Å². The van der Waals surface area contributed by atoms with E-state index < -0.39 is 155 Å². The zero-order chi connectivity index (χ0) is 103. The van der Waals surface area contributed by atoms with Gasteiger partial charge in [-0.2, -0.15) is 0 Å². The van der Waals surface area contributed by atoms with Gasteiger partial charge in [-0.15, -0.1) is 0 Å². The van der Waals surface area contributed by atoms with Crippen molar-refractivity contribution in [2.45, 2.75) is 242 Å². The molecular formula is C101H141O35P5. The molecule has 0 aromatic heterocycles. The Kier molecular flexibility index (Phi) is 45.8. The monoisotopic (exact) mass is 2070 g/mol. The molecule has 7 aromatic carbocycles. The molecule has 12 rings (SSSR count). The lowest BCUT2D eigenvalue weighted by atomic mass is 9.79. The number of para-hydroxylation sites is 1. The van der Waals surface area contributed by atoms with Crippen LogP contribution >= 0.6 is 38.2 Å². The van der Waals surface area contributed by atoms with Gasteiger partial charge in [0.1, 0.15) is 42.0 Å². The van der Waals surface area contributed by atoms with E-state index >= 15 is 0 Å². The molecule has 5 saturated heterocycles. The molecule has 0 radical (unpaired) electrons. The Labute approximate surface area is 827 Å². The van der Waals surface area contributed by atoms with Crippen LogP contribution in [0.15, 0.2) is 206 Å². The van der Waals surface area contributed by atoms with Crippen LogP contribution in [-0.4, -0.2) is 197 Å². The number of methoxy groups -OCH3 is 1. The number of hydrogen-bond donors (Lipinski definition) is 3. The lowest BCUT2D eigenvalue weighted by molar-refractivity contribution is -0.274. The SMILES string of the molecule is CC(=O)OC1C(O)OC([C@H](C)COP(C)(=O)OCc2ccccc2)[C@@H](C)[C@@H]1C.CC(=O)OC1[C@@H](OC(C)=O)OC([C@H](C)COP(C)(=O)OCc2ccccc2)[C@@H](C)[C@@H]1C.CC(=O)OC1[C@H](OP(C)(=O)Oc2ccccc2)OC([C@H](C)COP(C)(=O)OCc2ccccc2)[C@@H](C)[C@@H]1C.COc1ccc(COC2OC([C@H](O)[C@H](O)COP(=O)(OCc3ccccc3)OCc3ccccc3)[C@H]3OC(C)(C)O[C@@H]23)cc1. The number of esters is 4. The van der Waals surface area contributed by atoms with Gasteiger partial charge in [-0.05, 0) is 89.2 Å². The minimum absolute atomic E-state index is 0.00725. The first-order chi connectivity index (χ1) is 66.6. The first-order valence-electron chi connectivity index (χ1n) is 46.9. The Balaban J connectivity index is 0.000000213. The molecule has 5 aliphatic heterocycles. The number of rotatable bonds is 44. The van der Waals surface area contributed by atoms with Gasteiger partial charge in [0.2, 0.25) is 12.6 Å². The Bertz CT molecular complexity index is 5150. The highest BCUT2D eigenvalue weighted by Gasteiger charge is 2.59. The summed E-state index contributed by atoms with van der Waals surface area (Å²) < 4.78 is 195. The average Bonchev–Trinajstić information content (AvgIpc) is 1.63. The van der Waals surface area contributed by atoms with E-state index in [1.54, 1.807) is 45.2 Å². The molecule has 780 valence electrons. The van der Waals surface area contributed by atoms with Crippen LogP contribution in [0.4, 0.5) is 0 Å². The van der Waals surface area contributed by atoms with Crippen molar-refractivity contribution in [3.63, 3.8) is 0 Å². The number of carbonyl (C=O) groups excluding carboxylic acids is 4. The van der Waals surface area contributed by atoms with Crippen molar-refractivity contribution in [3.05, 3.63) is 240 Å². The summed E-state index contributed by atoms with van der Waals surface area (Å²) in [5.74, 6) is -2.92. The molecular weight excluding hydrogens is 1930 g/mol. The molecule has 13 unspecified atom stereocenters. The van der Waals surface area contributed by atoms with Crippen molar-refractivity contribution in [2.24, 2.45) is 53.3 Å².